The van der Waals surface area contributed by atoms with Crippen LogP contribution in [0.2, 0.25) is 0 Å². The van der Waals surface area contributed by atoms with Crippen molar-refractivity contribution in [3.63, 3.8) is 0 Å². The van der Waals surface area contributed by atoms with Crippen molar-refractivity contribution < 1.29 is 4.74 Å². The number of ether oxygens (including phenoxy) is 1. The van der Waals surface area contributed by atoms with E-state index in [4.69, 9.17) is 10.5 Å². The van der Waals surface area contributed by atoms with Gasteiger partial charge in [0.15, 0.2) is 0 Å². The van der Waals surface area contributed by atoms with Gasteiger partial charge >= 0.3 is 0 Å². The maximum atomic E-state index is 5.81. The first kappa shape index (κ1) is 13.1. The van der Waals surface area contributed by atoms with E-state index in [0.29, 0.717) is 12.4 Å². The minimum absolute atomic E-state index is 0.126. The standard InChI is InChI=1S/C13H22N4O/c1-10(2)18-11-4-6-15-12(16-11)17-7-5-13(3,8-14)9-17/h4,6,10H,5,7-9,14H2,1-3H3. The maximum absolute atomic E-state index is 5.81. The molecule has 0 amide bonds. The van der Waals surface area contributed by atoms with Crippen LogP contribution < -0.4 is 15.4 Å². The fraction of sp³-hybridized carbons (Fsp3) is 0.692. The van der Waals surface area contributed by atoms with E-state index in [0.717, 1.165) is 25.5 Å². The first-order chi connectivity index (χ1) is 8.52. The van der Waals surface area contributed by atoms with Crippen molar-refractivity contribution in [1.29, 1.82) is 0 Å². The zero-order valence-electron chi connectivity index (χ0n) is 11.4. The molecule has 2 rings (SSSR count). The number of hydrogen-bond donors (Lipinski definition) is 1. The Bertz CT molecular complexity index is 410. The number of nitrogens with two attached hydrogens (primary N) is 1. The number of nitrogens with zero attached hydrogens (tertiary/aromatic N) is 3. The van der Waals surface area contributed by atoms with Gasteiger partial charge in [-0.25, -0.2) is 4.98 Å². The second-order valence-electron chi connectivity index (χ2n) is 5.55. The molecule has 0 aromatic carbocycles. The molecule has 100 valence electrons. The van der Waals surface area contributed by atoms with E-state index in [-0.39, 0.29) is 11.5 Å². The third-order valence-electron chi connectivity index (χ3n) is 3.31. The molecule has 0 spiro atoms. The number of hydrogen-bond acceptors (Lipinski definition) is 5. The Labute approximate surface area is 108 Å². The van der Waals surface area contributed by atoms with Gasteiger partial charge in [-0.1, -0.05) is 6.92 Å². The van der Waals surface area contributed by atoms with E-state index in [1.165, 1.54) is 0 Å². The Morgan fingerprint density at radius 1 is 1.56 bits per heavy atom. The highest BCUT2D eigenvalue weighted by molar-refractivity contribution is 5.34. The summed E-state index contributed by atoms with van der Waals surface area (Å²) in [4.78, 5) is 10.9. The Balaban J connectivity index is 2.10. The number of anilines is 1. The number of rotatable bonds is 4. The maximum Gasteiger partial charge on any atom is 0.228 e. The third-order valence-corrected chi connectivity index (χ3v) is 3.31. The van der Waals surface area contributed by atoms with Gasteiger partial charge in [-0.2, -0.15) is 4.98 Å². The first-order valence-electron chi connectivity index (χ1n) is 6.47. The number of aromatic nitrogens is 2. The zero-order valence-corrected chi connectivity index (χ0v) is 11.4. The molecular weight excluding hydrogens is 228 g/mol. The normalized spacial score (nSPS) is 23.7. The van der Waals surface area contributed by atoms with Crippen LogP contribution in [0.3, 0.4) is 0 Å². The predicted molar refractivity (Wildman–Crippen MR) is 71.8 cm³/mol. The van der Waals surface area contributed by atoms with Gasteiger partial charge in [0.05, 0.1) is 6.10 Å². The van der Waals surface area contributed by atoms with Gasteiger partial charge in [0.2, 0.25) is 11.8 Å². The largest absolute Gasteiger partial charge is 0.475 e. The van der Waals surface area contributed by atoms with Crippen molar-refractivity contribution in [3.8, 4) is 5.88 Å². The van der Waals surface area contributed by atoms with Gasteiger partial charge in [0.1, 0.15) is 0 Å². The molecular formula is C13H22N4O. The second kappa shape index (κ2) is 5.10. The lowest BCUT2D eigenvalue weighted by Crippen LogP contribution is -2.31. The van der Waals surface area contributed by atoms with Gasteiger partial charge in [0.25, 0.3) is 0 Å². The van der Waals surface area contributed by atoms with Crippen molar-refractivity contribution in [2.24, 2.45) is 11.1 Å². The average molecular weight is 250 g/mol. The van der Waals surface area contributed by atoms with Crippen LogP contribution in [-0.2, 0) is 0 Å². The molecule has 1 aromatic rings. The smallest absolute Gasteiger partial charge is 0.228 e. The monoisotopic (exact) mass is 250 g/mol. The van der Waals surface area contributed by atoms with Crippen molar-refractivity contribution >= 4 is 5.95 Å². The summed E-state index contributed by atoms with van der Waals surface area (Å²) < 4.78 is 5.59. The van der Waals surface area contributed by atoms with Crippen molar-refractivity contribution in [3.05, 3.63) is 12.3 Å². The van der Waals surface area contributed by atoms with Crippen LogP contribution in [0.25, 0.3) is 0 Å². The second-order valence-corrected chi connectivity index (χ2v) is 5.55. The van der Waals surface area contributed by atoms with E-state index in [1.54, 1.807) is 12.3 Å². The SMILES string of the molecule is CC(C)Oc1ccnc(N2CCC(C)(CN)C2)n1. The molecule has 1 aliphatic rings. The molecule has 1 unspecified atom stereocenters. The minimum Gasteiger partial charge on any atom is -0.475 e. The van der Waals surface area contributed by atoms with Gasteiger partial charge in [-0.05, 0) is 32.2 Å². The molecule has 0 aliphatic carbocycles. The van der Waals surface area contributed by atoms with E-state index in [1.807, 2.05) is 13.8 Å². The molecule has 18 heavy (non-hydrogen) atoms. The Morgan fingerprint density at radius 3 is 2.94 bits per heavy atom. The lowest BCUT2D eigenvalue weighted by Gasteiger charge is -2.22. The summed E-state index contributed by atoms with van der Waals surface area (Å²) >= 11 is 0. The highest BCUT2D eigenvalue weighted by Crippen LogP contribution is 2.30. The third kappa shape index (κ3) is 2.90. The lowest BCUT2D eigenvalue weighted by molar-refractivity contribution is 0.232. The molecule has 1 fully saturated rings. The lowest BCUT2D eigenvalue weighted by atomic mass is 9.90. The molecule has 0 saturated carbocycles. The topological polar surface area (TPSA) is 64.3 Å². The van der Waals surface area contributed by atoms with E-state index < -0.39 is 0 Å². The van der Waals surface area contributed by atoms with Crippen LogP contribution in [0.4, 0.5) is 5.95 Å². The van der Waals surface area contributed by atoms with Crippen LogP contribution in [0, 0.1) is 5.41 Å². The zero-order chi connectivity index (χ0) is 13.2. The van der Waals surface area contributed by atoms with E-state index in [9.17, 15) is 0 Å². The van der Waals surface area contributed by atoms with Crippen LogP contribution in [0.5, 0.6) is 5.88 Å². The van der Waals surface area contributed by atoms with E-state index in [2.05, 4.69) is 21.8 Å². The van der Waals surface area contributed by atoms with Crippen LogP contribution in [-0.4, -0.2) is 35.7 Å². The molecule has 5 heteroatoms. The average Bonchev–Trinajstić information content (AvgIpc) is 2.72. The summed E-state index contributed by atoms with van der Waals surface area (Å²) in [6, 6.07) is 1.79. The van der Waals surface area contributed by atoms with Gasteiger partial charge < -0.3 is 15.4 Å². The molecule has 1 aromatic heterocycles. The first-order valence-corrected chi connectivity index (χ1v) is 6.47. The van der Waals surface area contributed by atoms with Gasteiger partial charge in [-0.3, -0.25) is 0 Å². The van der Waals surface area contributed by atoms with Gasteiger partial charge in [-0.15, -0.1) is 0 Å². The summed E-state index contributed by atoms with van der Waals surface area (Å²) in [7, 11) is 0. The van der Waals surface area contributed by atoms with Crippen molar-refractivity contribution in [2.45, 2.75) is 33.3 Å². The van der Waals surface area contributed by atoms with Gasteiger partial charge in [0, 0.05) is 25.4 Å². The van der Waals surface area contributed by atoms with Crippen molar-refractivity contribution in [1.82, 2.24) is 9.97 Å². The summed E-state index contributed by atoms with van der Waals surface area (Å²) in [6.45, 7) is 8.76. The molecule has 0 radical (unpaired) electrons. The highest BCUT2D eigenvalue weighted by atomic mass is 16.5. The molecule has 0 bridgehead atoms. The summed E-state index contributed by atoms with van der Waals surface area (Å²) in [5.74, 6) is 1.38. The minimum atomic E-state index is 0.126. The molecule has 1 saturated heterocycles. The highest BCUT2D eigenvalue weighted by Gasteiger charge is 2.33. The molecule has 1 atom stereocenters. The quantitative estimate of drug-likeness (QED) is 0.876. The Morgan fingerprint density at radius 2 is 2.33 bits per heavy atom. The molecule has 2 N–H and O–H groups in total. The summed E-state index contributed by atoms with van der Waals surface area (Å²) in [5, 5.41) is 0. The fourth-order valence-corrected chi connectivity index (χ4v) is 2.15. The van der Waals surface area contributed by atoms with Crippen LogP contribution >= 0.6 is 0 Å². The van der Waals surface area contributed by atoms with Crippen LogP contribution in [0.1, 0.15) is 27.2 Å². The summed E-state index contributed by atoms with van der Waals surface area (Å²) in [5.41, 5.74) is 5.99. The predicted octanol–water partition coefficient (Wildman–Crippen LogP) is 1.44. The fourth-order valence-electron chi connectivity index (χ4n) is 2.15. The molecule has 2 heterocycles. The summed E-state index contributed by atoms with van der Waals surface area (Å²) in [6.07, 6.45) is 2.96. The Kier molecular flexibility index (Phi) is 3.71. The van der Waals surface area contributed by atoms with Crippen molar-refractivity contribution in [2.75, 3.05) is 24.5 Å². The van der Waals surface area contributed by atoms with Crippen LogP contribution in [0.15, 0.2) is 12.3 Å². The Hall–Kier alpha value is -1.36. The van der Waals surface area contributed by atoms with E-state index >= 15 is 0 Å². The molecule has 5 nitrogen and oxygen atoms in total. The molecule has 1 aliphatic heterocycles.